The molecular weight excluding hydrogens is 352 g/mol. The summed E-state index contributed by atoms with van der Waals surface area (Å²) in [5.74, 6) is -0.782. The van der Waals surface area contributed by atoms with Gasteiger partial charge in [-0.25, -0.2) is 0 Å². The van der Waals surface area contributed by atoms with E-state index in [1.54, 1.807) is 6.92 Å². The van der Waals surface area contributed by atoms with Crippen LogP contribution in [-0.4, -0.2) is 25.2 Å². The van der Waals surface area contributed by atoms with E-state index in [1.807, 2.05) is 56.3 Å². The summed E-state index contributed by atoms with van der Waals surface area (Å²) in [6, 6.07) is 21.2. The summed E-state index contributed by atoms with van der Waals surface area (Å²) < 4.78 is 5.28. The predicted molar refractivity (Wildman–Crippen MR) is 110 cm³/mol. The SMILES string of the molecule is CC(C)C(=O)CC(C)C(=O)OCNCN(Cc1ccccc1)c1[c]cccc1. The van der Waals surface area contributed by atoms with Crippen molar-refractivity contribution >= 4 is 17.4 Å². The van der Waals surface area contributed by atoms with Crippen LogP contribution in [0, 0.1) is 17.9 Å². The van der Waals surface area contributed by atoms with E-state index in [2.05, 4.69) is 28.4 Å². The molecule has 0 aliphatic carbocycles. The van der Waals surface area contributed by atoms with Gasteiger partial charge in [-0.2, -0.15) is 0 Å². The highest BCUT2D eigenvalue weighted by Gasteiger charge is 2.20. The third-order valence-corrected chi connectivity index (χ3v) is 4.42. The van der Waals surface area contributed by atoms with Crippen LogP contribution < -0.4 is 10.2 Å². The minimum Gasteiger partial charge on any atom is -0.449 e. The zero-order chi connectivity index (χ0) is 20.4. The lowest BCUT2D eigenvalue weighted by atomic mass is 9.98. The largest absolute Gasteiger partial charge is 0.449 e. The lowest BCUT2D eigenvalue weighted by Gasteiger charge is -2.25. The average molecular weight is 381 g/mol. The van der Waals surface area contributed by atoms with Crippen LogP contribution in [0.25, 0.3) is 0 Å². The number of esters is 1. The Hall–Kier alpha value is -2.66. The molecule has 28 heavy (non-hydrogen) atoms. The summed E-state index contributed by atoms with van der Waals surface area (Å²) in [5, 5.41) is 3.14. The van der Waals surface area contributed by atoms with E-state index in [1.165, 1.54) is 5.56 Å². The minimum atomic E-state index is -0.431. The summed E-state index contributed by atoms with van der Waals surface area (Å²) in [4.78, 5) is 26.0. The zero-order valence-corrected chi connectivity index (χ0v) is 16.9. The van der Waals surface area contributed by atoms with Crippen molar-refractivity contribution in [3.8, 4) is 0 Å². The Morgan fingerprint density at radius 2 is 1.79 bits per heavy atom. The number of ether oxygens (including phenoxy) is 1. The van der Waals surface area contributed by atoms with Crippen LogP contribution in [0.5, 0.6) is 0 Å². The molecule has 0 spiro atoms. The lowest BCUT2D eigenvalue weighted by molar-refractivity contribution is -0.150. The number of rotatable bonds is 11. The lowest BCUT2D eigenvalue weighted by Crippen LogP contribution is -2.36. The van der Waals surface area contributed by atoms with Gasteiger partial charge in [0.25, 0.3) is 0 Å². The van der Waals surface area contributed by atoms with Gasteiger partial charge in [0, 0.05) is 30.6 Å². The summed E-state index contributed by atoms with van der Waals surface area (Å²) in [5.41, 5.74) is 2.14. The van der Waals surface area contributed by atoms with Crippen molar-refractivity contribution < 1.29 is 14.3 Å². The van der Waals surface area contributed by atoms with E-state index in [4.69, 9.17) is 4.74 Å². The van der Waals surface area contributed by atoms with Crippen molar-refractivity contribution in [2.45, 2.75) is 33.7 Å². The molecule has 2 rings (SSSR count). The first-order valence-electron chi connectivity index (χ1n) is 9.63. The molecule has 1 N–H and O–H groups in total. The first-order chi connectivity index (χ1) is 13.5. The van der Waals surface area contributed by atoms with Crippen molar-refractivity contribution in [1.82, 2.24) is 5.32 Å². The van der Waals surface area contributed by atoms with E-state index in [0.717, 1.165) is 5.69 Å². The Balaban J connectivity index is 1.84. The van der Waals surface area contributed by atoms with Crippen LogP contribution in [0.3, 0.4) is 0 Å². The number of para-hydroxylation sites is 1. The smallest absolute Gasteiger partial charge is 0.310 e. The molecule has 0 fully saturated rings. The predicted octanol–water partition coefficient (Wildman–Crippen LogP) is 3.79. The minimum absolute atomic E-state index is 0.0676. The number of hydrogen-bond donors (Lipinski definition) is 1. The second kappa shape index (κ2) is 11.2. The molecule has 149 valence electrons. The summed E-state index contributed by atoms with van der Waals surface area (Å²) >= 11 is 0. The molecule has 5 heteroatoms. The Morgan fingerprint density at radius 3 is 2.43 bits per heavy atom. The van der Waals surface area contributed by atoms with Gasteiger partial charge in [0.15, 0.2) is 0 Å². The number of Topliss-reactive ketones (excluding diaryl/α,β-unsaturated/α-hetero) is 1. The van der Waals surface area contributed by atoms with Crippen LogP contribution in [0.4, 0.5) is 5.69 Å². The highest BCUT2D eigenvalue weighted by molar-refractivity contribution is 5.85. The van der Waals surface area contributed by atoms with Crippen LogP contribution in [-0.2, 0) is 20.9 Å². The Bertz CT molecular complexity index is 732. The number of hydrogen-bond acceptors (Lipinski definition) is 5. The van der Waals surface area contributed by atoms with Gasteiger partial charge < -0.3 is 9.64 Å². The summed E-state index contributed by atoms with van der Waals surface area (Å²) in [6.45, 7) is 6.71. The van der Waals surface area contributed by atoms with Gasteiger partial charge in [0.1, 0.15) is 12.5 Å². The highest BCUT2D eigenvalue weighted by Crippen LogP contribution is 2.15. The molecule has 0 bridgehead atoms. The van der Waals surface area contributed by atoms with Crippen molar-refractivity contribution in [3.05, 3.63) is 66.2 Å². The van der Waals surface area contributed by atoms with E-state index < -0.39 is 5.92 Å². The standard InChI is InChI=1S/C23H29N2O3/c1-18(2)22(26)14-19(3)23(27)28-17-24-16-25(21-12-8-5-9-13-21)15-20-10-6-4-7-11-20/h4-12,18-19,24H,14-17H2,1-3H3. The summed E-state index contributed by atoms with van der Waals surface area (Å²) in [7, 11) is 0. The number of carbonyl (C=O) groups is 2. The average Bonchev–Trinajstić information content (AvgIpc) is 2.71. The van der Waals surface area contributed by atoms with Gasteiger partial charge >= 0.3 is 5.97 Å². The second-order valence-electron chi connectivity index (χ2n) is 7.17. The van der Waals surface area contributed by atoms with Gasteiger partial charge in [-0.1, -0.05) is 69.3 Å². The number of nitrogens with one attached hydrogen (secondary N) is 1. The molecular formula is C23H29N2O3. The van der Waals surface area contributed by atoms with E-state index in [0.29, 0.717) is 13.2 Å². The normalized spacial score (nSPS) is 11.9. The maximum atomic E-state index is 12.1. The van der Waals surface area contributed by atoms with Crippen molar-refractivity contribution in [3.63, 3.8) is 0 Å². The van der Waals surface area contributed by atoms with Gasteiger partial charge in [-0.15, -0.1) is 0 Å². The molecule has 0 aromatic heterocycles. The second-order valence-corrected chi connectivity index (χ2v) is 7.17. The number of anilines is 1. The number of benzene rings is 2. The van der Waals surface area contributed by atoms with Gasteiger partial charge in [-0.05, 0) is 11.6 Å². The monoisotopic (exact) mass is 381 g/mol. The van der Waals surface area contributed by atoms with Crippen molar-refractivity contribution in [1.29, 1.82) is 0 Å². The molecule has 0 amide bonds. The molecule has 2 aromatic rings. The third-order valence-electron chi connectivity index (χ3n) is 4.42. The zero-order valence-electron chi connectivity index (χ0n) is 16.9. The van der Waals surface area contributed by atoms with Crippen molar-refractivity contribution in [2.24, 2.45) is 11.8 Å². The molecule has 1 radical (unpaired) electrons. The van der Waals surface area contributed by atoms with Gasteiger partial charge in [0.2, 0.25) is 0 Å². The number of ketones is 1. The third kappa shape index (κ3) is 7.16. The maximum Gasteiger partial charge on any atom is 0.310 e. The topological polar surface area (TPSA) is 58.6 Å². The Labute approximate surface area is 167 Å². The molecule has 1 atom stereocenters. The van der Waals surface area contributed by atoms with Gasteiger partial charge in [-0.3, -0.25) is 14.9 Å². The van der Waals surface area contributed by atoms with Crippen LogP contribution >= 0.6 is 0 Å². The first-order valence-corrected chi connectivity index (χ1v) is 9.63. The number of nitrogens with zero attached hydrogens (tertiary/aromatic N) is 1. The fraction of sp³-hybridized carbons (Fsp3) is 0.391. The fourth-order valence-electron chi connectivity index (χ4n) is 2.68. The molecule has 5 nitrogen and oxygen atoms in total. The Morgan fingerprint density at radius 1 is 1.07 bits per heavy atom. The number of carbonyl (C=O) groups excluding carboxylic acids is 2. The molecule has 0 aliphatic rings. The van der Waals surface area contributed by atoms with E-state index in [-0.39, 0.29) is 30.8 Å². The van der Waals surface area contributed by atoms with E-state index >= 15 is 0 Å². The highest BCUT2D eigenvalue weighted by atomic mass is 16.5. The fourth-order valence-corrected chi connectivity index (χ4v) is 2.68. The molecule has 1 unspecified atom stereocenters. The van der Waals surface area contributed by atoms with Crippen LogP contribution in [0.15, 0.2) is 54.6 Å². The molecule has 0 aliphatic heterocycles. The first kappa shape index (κ1) is 21.6. The maximum absolute atomic E-state index is 12.1. The molecule has 0 saturated carbocycles. The quantitative estimate of drug-likeness (QED) is 0.365. The molecule has 2 aromatic carbocycles. The van der Waals surface area contributed by atoms with E-state index in [9.17, 15) is 9.59 Å². The van der Waals surface area contributed by atoms with Crippen LogP contribution in [0.1, 0.15) is 32.8 Å². The Kier molecular flexibility index (Phi) is 8.69. The van der Waals surface area contributed by atoms with Gasteiger partial charge in [0.05, 0.1) is 12.6 Å². The molecule has 0 heterocycles. The van der Waals surface area contributed by atoms with Crippen molar-refractivity contribution in [2.75, 3.05) is 18.3 Å². The summed E-state index contributed by atoms with van der Waals surface area (Å²) in [6.07, 6.45) is 0.218. The molecule has 0 saturated heterocycles. The van der Waals surface area contributed by atoms with Crippen LogP contribution in [0.2, 0.25) is 0 Å².